The van der Waals surface area contributed by atoms with Gasteiger partial charge < -0.3 is 10.3 Å². The topological polar surface area (TPSA) is 62.0 Å². The second-order valence-corrected chi connectivity index (χ2v) is 6.14. The third-order valence-electron chi connectivity index (χ3n) is 3.23. The van der Waals surface area contributed by atoms with Crippen LogP contribution in [0.2, 0.25) is 0 Å². The fourth-order valence-corrected chi connectivity index (χ4v) is 1.92. The summed E-state index contributed by atoms with van der Waals surface area (Å²) in [6.07, 6.45) is 0. The lowest BCUT2D eigenvalue weighted by Gasteiger charge is -2.17. The van der Waals surface area contributed by atoms with Crippen LogP contribution in [0.25, 0.3) is 10.9 Å². The van der Waals surface area contributed by atoms with E-state index in [0.29, 0.717) is 12.1 Å². The zero-order valence-corrected chi connectivity index (χ0v) is 12.3. The van der Waals surface area contributed by atoms with Crippen LogP contribution in [0.3, 0.4) is 0 Å². The molecule has 0 aliphatic heterocycles. The van der Waals surface area contributed by atoms with Gasteiger partial charge in [-0.2, -0.15) is 0 Å². The maximum absolute atomic E-state index is 11.8. The minimum atomic E-state index is -0.390. The molecule has 0 saturated heterocycles. The highest BCUT2D eigenvalue weighted by molar-refractivity contribution is 5.82. The Bertz CT molecular complexity index is 708. The third kappa shape index (κ3) is 3.07. The Morgan fingerprint density at radius 1 is 1.25 bits per heavy atom. The zero-order chi connectivity index (χ0) is 14.9. The first-order valence-electron chi connectivity index (χ1n) is 6.68. The Hall–Kier alpha value is -2.10. The molecule has 0 spiro atoms. The Balaban J connectivity index is 2.22. The highest BCUT2D eigenvalue weighted by atomic mass is 16.2. The number of benzene rings is 1. The average molecular weight is 272 g/mol. The summed E-state index contributed by atoms with van der Waals surface area (Å²) in [6, 6.07) is 7.63. The summed E-state index contributed by atoms with van der Waals surface area (Å²) in [4.78, 5) is 26.2. The summed E-state index contributed by atoms with van der Waals surface area (Å²) in [6.45, 7) is 7.93. The predicted octanol–water partition coefficient (Wildman–Crippen LogP) is 2.50. The first-order chi connectivity index (χ1) is 9.27. The van der Waals surface area contributed by atoms with E-state index >= 15 is 0 Å². The van der Waals surface area contributed by atoms with Crippen molar-refractivity contribution >= 4 is 16.8 Å². The second kappa shape index (κ2) is 5.12. The molecule has 0 aliphatic carbocycles. The minimum Gasteiger partial charge on any atom is -0.352 e. The first-order valence-corrected chi connectivity index (χ1v) is 6.68. The van der Waals surface area contributed by atoms with Crippen LogP contribution in [-0.4, -0.2) is 10.9 Å². The van der Waals surface area contributed by atoms with Gasteiger partial charge in [-0.15, -0.1) is 0 Å². The van der Waals surface area contributed by atoms with Gasteiger partial charge in [-0.1, -0.05) is 26.8 Å². The van der Waals surface area contributed by atoms with Gasteiger partial charge >= 0.3 is 0 Å². The third-order valence-corrected chi connectivity index (χ3v) is 3.23. The van der Waals surface area contributed by atoms with Gasteiger partial charge in [-0.05, 0) is 36.1 Å². The number of aryl methyl sites for hydroxylation is 1. The molecule has 1 amide bonds. The van der Waals surface area contributed by atoms with Crippen molar-refractivity contribution in [3.63, 3.8) is 0 Å². The lowest BCUT2D eigenvalue weighted by Crippen LogP contribution is -2.34. The van der Waals surface area contributed by atoms with E-state index in [2.05, 4.69) is 10.3 Å². The van der Waals surface area contributed by atoms with E-state index in [0.717, 1.165) is 16.5 Å². The maximum atomic E-state index is 11.8. The molecule has 0 atom stereocenters. The number of H-pyrrole nitrogens is 1. The molecule has 0 radical (unpaired) electrons. The number of aromatic amines is 1. The van der Waals surface area contributed by atoms with Gasteiger partial charge in [-0.3, -0.25) is 9.59 Å². The van der Waals surface area contributed by atoms with Crippen LogP contribution in [0.1, 0.15) is 31.9 Å². The molecule has 1 aromatic carbocycles. The molecule has 0 fully saturated rings. The SMILES string of the molecule is Cc1cc2cc(CNC(=O)C(C)(C)C)ccc2[nH]c1=O. The highest BCUT2D eigenvalue weighted by Crippen LogP contribution is 2.15. The van der Waals surface area contributed by atoms with Crippen molar-refractivity contribution in [2.45, 2.75) is 34.2 Å². The van der Waals surface area contributed by atoms with E-state index < -0.39 is 5.41 Å². The van der Waals surface area contributed by atoms with Crippen molar-refractivity contribution in [3.8, 4) is 0 Å². The number of hydrogen-bond acceptors (Lipinski definition) is 2. The predicted molar refractivity (Wildman–Crippen MR) is 80.6 cm³/mol. The number of amides is 1. The summed E-state index contributed by atoms with van der Waals surface area (Å²) in [5.74, 6) is 0.0234. The van der Waals surface area contributed by atoms with Crippen molar-refractivity contribution < 1.29 is 4.79 Å². The Morgan fingerprint density at radius 2 is 1.95 bits per heavy atom. The van der Waals surface area contributed by atoms with Gasteiger partial charge in [0, 0.05) is 23.0 Å². The standard InChI is InChI=1S/C16H20N2O2/c1-10-7-12-8-11(5-6-13(12)18-14(10)19)9-17-15(20)16(2,3)4/h5-8H,9H2,1-4H3,(H,17,20)(H,18,19). The molecule has 20 heavy (non-hydrogen) atoms. The van der Waals surface area contributed by atoms with E-state index in [1.165, 1.54) is 0 Å². The van der Waals surface area contributed by atoms with E-state index in [9.17, 15) is 9.59 Å². The summed E-state index contributed by atoms with van der Waals surface area (Å²) in [5, 5.41) is 3.90. The smallest absolute Gasteiger partial charge is 0.251 e. The molecule has 106 valence electrons. The number of carbonyl (C=O) groups excluding carboxylic acids is 1. The molecule has 2 aromatic rings. The number of rotatable bonds is 2. The van der Waals surface area contributed by atoms with E-state index in [1.54, 1.807) is 6.92 Å². The lowest BCUT2D eigenvalue weighted by molar-refractivity contribution is -0.128. The molecule has 1 heterocycles. The van der Waals surface area contributed by atoms with E-state index in [4.69, 9.17) is 0 Å². The van der Waals surface area contributed by atoms with Crippen LogP contribution in [-0.2, 0) is 11.3 Å². The summed E-state index contributed by atoms with van der Waals surface area (Å²) < 4.78 is 0. The number of hydrogen-bond donors (Lipinski definition) is 2. The molecule has 0 aliphatic rings. The normalized spacial score (nSPS) is 11.6. The number of carbonyl (C=O) groups is 1. The van der Waals surface area contributed by atoms with Crippen LogP contribution >= 0.6 is 0 Å². The van der Waals surface area contributed by atoms with Gasteiger partial charge in [0.25, 0.3) is 5.56 Å². The Labute approximate surface area is 118 Å². The van der Waals surface area contributed by atoms with Crippen LogP contribution < -0.4 is 10.9 Å². The average Bonchev–Trinajstić information content (AvgIpc) is 2.36. The molecule has 2 N–H and O–H groups in total. The zero-order valence-electron chi connectivity index (χ0n) is 12.3. The minimum absolute atomic E-state index is 0.0234. The lowest BCUT2D eigenvalue weighted by atomic mass is 9.95. The fourth-order valence-electron chi connectivity index (χ4n) is 1.92. The number of pyridine rings is 1. The van der Waals surface area contributed by atoms with Crippen LogP contribution in [0.15, 0.2) is 29.1 Å². The van der Waals surface area contributed by atoms with Crippen LogP contribution in [0.5, 0.6) is 0 Å². The summed E-state index contributed by atoms with van der Waals surface area (Å²) >= 11 is 0. The summed E-state index contributed by atoms with van der Waals surface area (Å²) in [5.41, 5.74) is 2.06. The molecule has 1 aromatic heterocycles. The van der Waals surface area contributed by atoms with Crippen molar-refractivity contribution in [1.29, 1.82) is 0 Å². The highest BCUT2D eigenvalue weighted by Gasteiger charge is 2.20. The van der Waals surface area contributed by atoms with Crippen LogP contribution in [0.4, 0.5) is 0 Å². The Kier molecular flexibility index (Phi) is 3.66. The second-order valence-electron chi connectivity index (χ2n) is 6.14. The molecular weight excluding hydrogens is 252 g/mol. The molecule has 4 nitrogen and oxygen atoms in total. The van der Waals surface area contributed by atoms with Crippen molar-refractivity contribution in [1.82, 2.24) is 10.3 Å². The maximum Gasteiger partial charge on any atom is 0.251 e. The van der Waals surface area contributed by atoms with Gasteiger partial charge in [-0.25, -0.2) is 0 Å². The molecule has 0 saturated carbocycles. The van der Waals surface area contributed by atoms with E-state index in [1.807, 2.05) is 45.0 Å². The van der Waals surface area contributed by atoms with Crippen molar-refractivity contribution in [3.05, 3.63) is 45.7 Å². The quantitative estimate of drug-likeness (QED) is 0.882. The largest absolute Gasteiger partial charge is 0.352 e. The monoisotopic (exact) mass is 272 g/mol. The van der Waals surface area contributed by atoms with Crippen molar-refractivity contribution in [2.24, 2.45) is 5.41 Å². The first kappa shape index (κ1) is 14.3. The molecule has 2 rings (SSSR count). The number of aromatic nitrogens is 1. The molecule has 0 unspecified atom stereocenters. The van der Waals surface area contributed by atoms with Crippen LogP contribution in [0, 0.1) is 12.3 Å². The Morgan fingerprint density at radius 3 is 2.60 bits per heavy atom. The van der Waals surface area contributed by atoms with Gasteiger partial charge in [0.05, 0.1) is 0 Å². The summed E-state index contributed by atoms with van der Waals surface area (Å²) in [7, 11) is 0. The van der Waals surface area contributed by atoms with Gasteiger partial charge in [0.1, 0.15) is 0 Å². The van der Waals surface area contributed by atoms with E-state index in [-0.39, 0.29) is 11.5 Å². The van der Waals surface area contributed by atoms with Gasteiger partial charge in [0.2, 0.25) is 5.91 Å². The molecule has 4 heteroatoms. The van der Waals surface area contributed by atoms with Crippen molar-refractivity contribution in [2.75, 3.05) is 0 Å². The van der Waals surface area contributed by atoms with Gasteiger partial charge in [0.15, 0.2) is 0 Å². The number of fused-ring (bicyclic) bond motifs is 1. The fraction of sp³-hybridized carbons (Fsp3) is 0.375. The number of nitrogens with one attached hydrogen (secondary N) is 2. The molecule has 0 bridgehead atoms. The molecular formula is C16H20N2O2.